The van der Waals surface area contributed by atoms with E-state index in [4.69, 9.17) is 0 Å². The third-order valence-corrected chi connectivity index (χ3v) is 2.50. The van der Waals surface area contributed by atoms with Crippen LogP contribution in [0.25, 0.3) is 10.9 Å². The monoisotopic (exact) mass is 242 g/mol. The molecule has 0 spiro atoms. The van der Waals surface area contributed by atoms with Gasteiger partial charge in [-0.2, -0.15) is 13.2 Å². The van der Waals surface area contributed by atoms with Gasteiger partial charge in [-0.25, -0.2) is 0 Å². The van der Waals surface area contributed by atoms with Crippen molar-refractivity contribution in [1.82, 2.24) is 9.55 Å². The number of rotatable bonds is 1. The molecule has 0 aliphatic rings. The Labute approximate surface area is 94.5 Å². The molecule has 90 valence electrons. The second kappa shape index (κ2) is 3.87. The van der Waals surface area contributed by atoms with E-state index in [-0.39, 0.29) is 10.9 Å². The Morgan fingerprint density at radius 3 is 2.65 bits per heavy atom. The van der Waals surface area contributed by atoms with Crippen LogP contribution in [0, 0.1) is 0 Å². The minimum Gasteiger partial charge on any atom is -0.347 e. The summed E-state index contributed by atoms with van der Waals surface area (Å²) in [6.45, 7) is 2.27. The van der Waals surface area contributed by atoms with E-state index < -0.39 is 17.3 Å². The van der Waals surface area contributed by atoms with Gasteiger partial charge in [-0.1, -0.05) is 0 Å². The van der Waals surface area contributed by atoms with E-state index in [0.717, 1.165) is 12.3 Å². The lowest BCUT2D eigenvalue weighted by atomic mass is 10.2. The maximum absolute atomic E-state index is 12.7. The highest BCUT2D eigenvalue weighted by Crippen LogP contribution is 2.31. The average Bonchev–Trinajstić information content (AvgIpc) is 2.28. The fourth-order valence-corrected chi connectivity index (χ4v) is 1.75. The molecular weight excluding hydrogens is 233 g/mol. The van der Waals surface area contributed by atoms with Gasteiger partial charge in [0.15, 0.2) is 11.1 Å². The number of pyridine rings is 2. The highest BCUT2D eigenvalue weighted by molar-refractivity contribution is 5.81. The molecule has 0 saturated carbocycles. The summed E-state index contributed by atoms with van der Waals surface area (Å²) in [5.74, 6) is 0. The summed E-state index contributed by atoms with van der Waals surface area (Å²) in [5.41, 5.74) is -1.53. The number of aromatic nitrogens is 2. The maximum Gasteiger partial charge on any atom is 0.434 e. The summed E-state index contributed by atoms with van der Waals surface area (Å²) in [6.07, 6.45) is -2.08. The van der Waals surface area contributed by atoms with Gasteiger partial charge in [0.05, 0.1) is 10.9 Å². The molecule has 2 heterocycles. The highest BCUT2D eigenvalue weighted by Gasteiger charge is 2.35. The molecule has 0 N–H and O–H groups in total. The lowest BCUT2D eigenvalue weighted by Gasteiger charge is -2.12. The van der Waals surface area contributed by atoms with Gasteiger partial charge in [-0.3, -0.25) is 9.78 Å². The topological polar surface area (TPSA) is 34.9 Å². The number of fused-ring (bicyclic) bond motifs is 1. The number of nitrogens with zero attached hydrogens (tertiary/aromatic N) is 2. The average molecular weight is 242 g/mol. The van der Waals surface area contributed by atoms with Gasteiger partial charge in [0.1, 0.15) is 0 Å². The second-order valence-electron chi connectivity index (χ2n) is 3.52. The van der Waals surface area contributed by atoms with Crippen LogP contribution in [0.1, 0.15) is 12.6 Å². The molecule has 0 aliphatic heterocycles. The molecular formula is C11H9F3N2O. The third kappa shape index (κ3) is 1.90. The van der Waals surface area contributed by atoms with Crippen LogP contribution in [-0.2, 0) is 12.7 Å². The van der Waals surface area contributed by atoms with E-state index in [0.29, 0.717) is 6.54 Å². The summed E-state index contributed by atoms with van der Waals surface area (Å²) in [4.78, 5) is 14.8. The van der Waals surface area contributed by atoms with Crippen molar-refractivity contribution in [3.63, 3.8) is 0 Å². The fourth-order valence-electron chi connectivity index (χ4n) is 1.75. The zero-order valence-electron chi connectivity index (χ0n) is 8.95. The van der Waals surface area contributed by atoms with Gasteiger partial charge in [0.2, 0.25) is 0 Å². The minimum atomic E-state index is -4.62. The molecule has 0 amide bonds. The van der Waals surface area contributed by atoms with Crippen LogP contribution in [-0.4, -0.2) is 9.55 Å². The van der Waals surface area contributed by atoms with Crippen molar-refractivity contribution in [2.45, 2.75) is 19.6 Å². The number of alkyl halides is 3. The molecule has 0 unspecified atom stereocenters. The molecule has 0 bridgehead atoms. The lowest BCUT2D eigenvalue weighted by Crippen LogP contribution is -2.16. The van der Waals surface area contributed by atoms with E-state index in [1.165, 1.54) is 12.3 Å². The Morgan fingerprint density at radius 1 is 1.35 bits per heavy atom. The van der Waals surface area contributed by atoms with Crippen molar-refractivity contribution < 1.29 is 13.2 Å². The number of halogens is 3. The smallest absolute Gasteiger partial charge is 0.347 e. The van der Waals surface area contributed by atoms with Gasteiger partial charge in [-0.15, -0.1) is 0 Å². The van der Waals surface area contributed by atoms with Gasteiger partial charge in [0.25, 0.3) is 0 Å². The second-order valence-corrected chi connectivity index (χ2v) is 3.52. The molecule has 0 atom stereocenters. The third-order valence-electron chi connectivity index (χ3n) is 2.50. The summed E-state index contributed by atoms with van der Waals surface area (Å²) < 4.78 is 39.7. The van der Waals surface area contributed by atoms with E-state index >= 15 is 0 Å². The van der Waals surface area contributed by atoms with Gasteiger partial charge >= 0.3 is 6.18 Å². The number of hydrogen-bond acceptors (Lipinski definition) is 2. The molecule has 2 aromatic heterocycles. The SMILES string of the molecule is CCn1ccc(=O)c2c(C(F)(F)F)nccc21. The predicted octanol–water partition coefficient (Wildman–Crippen LogP) is 2.44. The molecule has 6 heteroatoms. The zero-order valence-corrected chi connectivity index (χ0v) is 8.95. The molecule has 3 nitrogen and oxygen atoms in total. The largest absolute Gasteiger partial charge is 0.434 e. The van der Waals surface area contributed by atoms with Crippen molar-refractivity contribution in [3.8, 4) is 0 Å². The van der Waals surface area contributed by atoms with Gasteiger partial charge in [-0.05, 0) is 13.0 Å². The van der Waals surface area contributed by atoms with E-state index in [2.05, 4.69) is 4.98 Å². The zero-order chi connectivity index (χ0) is 12.6. The first-order chi connectivity index (χ1) is 7.95. The first-order valence-corrected chi connectivity index (χ1v) is 5.00. The minimum absolute atomic E-state index is 0.252. The van der Waals surface area contributed by atoms with E-state index in [9.17, 15) is 18.0 Å². The molecule has 2 rings (SSSR count). The van der Waals surface area contributed by atoms with Crippen molar-refractivity contribution in [2.24, 2.45) is 0 Å². The van der Waals surface area contributed by atoms with Crippen LogP contribution in [0.3, 0.4) is 0 Å². The van der Waals surface area contributed by atoms with Crippen LogP contribution in [0.5, 0.6) is 0 Å². The summed E-state index contributed by atoms with van der Waals surface area (Å²) in [6, 6.07) is 2.54. The molecule has 0 radical (unpaired) electrons. The van der Waals surface area contributed by atoms with Gasteiger partial charge < -0.3 is 4.57 Å². The van der Waals surface area contributed by atoms with Crippen LogP contribution < -0.4 is 5.43 Å². The van der Waals surface area contributed by atoms with Crippen molar-refractivity contribution in [2.75, 3.05) is 0 Å². The molecule has 0 aliphatic carbocycles. The quantitative estimate of drug-likeness (QED) is 0.769. The van der Waals surface area contributed by atoms with Crippen LogP contribution in [0.15, 0.2) is 29.3 Å². The first kappa shape index (κ1) is 11.6. The van der Waals surface area contributed by atoms with Crippen molar-refractivity contribution in [1.29, 1.82) is 0 Å². The predicted molar refractivity (Wildman–Crippen MR) is 56.7 cm³/mol. The fraction of sp³-hybridized carbons (Fsp3) is 0.273. The van der Waals surface area contributed by atoms with Gasteiger partial charge in [0, 0.05) is 25.0 Å². The highest BCUT2D eigenvalue weighted by atomic mass is 19.4. The van der Waals surface area contributed by atoms with Crippen LogP contribution in [0.4, 0.5) is 13.2 Å². The Kier molecular flexibility index (Phi) is 2.65. The lowest BCUT2D eigenvalue weighted by molar-refractivity contribution is -0.139. The molecule has 2 aromatic rings. The van der Waals surface area contributed by atoms with Crippen molar-refractivity contribution >= 4 is 10.9 Å². The Hall–Kier alpha value is -1.85. The normalized spacial score (nSPS) is 12.0. The van der Waals surface area contributed by atoms with Crippen molar-refractivity contribution in [3.05, 3.63) is 40.4 Å². The van der Waals surface area contributed by atoms with Crippen LogP contribution >= 0.6 is 0 Å². The van der Waals surface area contributed by atoms with Crippen LogP contribution in [0.2, 0.25) is 0 Å². The van der Waals surface area contributed by atoms with E-state index in [1.807, 2.05) is 0 Å². The number of aryl methyl sites for hydroxylation is 1. The number of hydrogen-bond donors (Lipinski definition) is 0. The maximum atomic E-state index is 12.7. The molecule has 17 heavy (non-hydrogen) atoms. The summed E-state index contributed by atoms with van der Waals surface area (Å²) in [7, 11) is 0. The summed E-state index contributed by atoms with van der Waals surface area (Å²) in [5, 5.41) is -0.371. The Balaban J connectivity index is 2.94. The summed E-state index contributed by atoms with van der Waals surface area (Å²) >= 11 is 0. The Bertz CT molecular complexity index is 616. The molecule has 0 saturated heterocycles. The Morgan fingerprint density at radius 2 is 2.06 bits per heavy atom. The molecule has 0 fully saturated rings. The standard InChI is InChI=1S/C11H9F3N2O/c1-2-16-6-4-8(17)9-7(16)3-5-15-10(9)11(12,13)14/h3-6H,2H2,1H3. The first-order valence-electron chi connectivity index (χ1n) is 5.00. The van der Waals surface area contributed by atoms with E-state index in [1.54, 1.807) is 11.5 Å². The molecule has 0 aromatic carbocycles.